The van der Waals surface area contributed by atoms with Crippen LogP contribution in [-0.2, 0) is 5.75 Å². The molecule has 1 aromatic carbocycles. The van der Waals surface area contributed by atoms with E-state index in [0.717, 1.165) is 54.0 Å². The molecule has 0 bridgehead atoms. The number of aromatic nitrogens is 5. The van der Waals surface area contributed by atoms with Crippen LogP contribution in [0.1, 0.15) is 25.1 Å². The first-order valence-electron chi connectivity index (χ1n) is 10.2. The maximum atomic E-state index is 12.3. The molecule has 3 aromatic heterocycles. The lowest BCUT2D eigenvalue weighted by Gasteiger charge is -2.28. The summed E-state index contributed by atoms with van der Waals surface area (Å²) in [6.07, 6.45) is 3.53. The van der Waals surface area contributed by atoms with E-state index in [1.165, 1.54) is 29.5 Å². The largest absolute Gasteiger partial charge is 0.495 e. The van der Waals surface area contributed by atoms with E-state index in [4.69, 9.17) is 4.74 Å². The van der Waals surface area contributed by atoms with Gasteiger partial charge in [0.2, 0.25) is 5.95 Å². The molecule has 0 spiro atoms. The highest BCUT2D eigenvalue weighted by atomic mass is 32.2. The van der Waals surface area contributed by atoms with Crippen LogP contribution in [0.2, 0.25) is 0 Å². The molecule has 0 radical (unpaired) electrons. The van der Waals surface area contributed by atoms with Gasteiger partial charge in [-0.25, -0.2) is 4.98 Å². The zero-order valence-electron chi connectivity index (χ0n) is 17.1. The summed E-state index contributed by atoms with van der Waals surface area (Å²) in [6, 6.07) is 9.75. The number of nitrogens with one attached hydrogen (secondary N) is 1. The van der Waals surface area contributed by atoms with Crippen LogP contribution in [0.25, 0.3) is 15.9 Å². The predicted octanol–water partition coefficient (Wildman–Crippen LogP) is 3.86. The Balaban J connectivity index is 1.51. The van der Waals surface area contributed by atoms with Crippen molar-refractivity contribution in [3.8, 4) is 11.4 Å². The number of para-hydroxylation sites is 2. The molecule has 8 nitrogen and oxygen atoms in total. The Hall–Kier alpha value is -2.85. The molecule has 10 heteroatoms. The van der Waals surface area contributed by atoms with Crippen molar-refractivity contribution in [2.75, 3.05) is 25.1 Å². The van der Waals surface area contributed by atoms with Crippen molar-refractivity contribution in [2.24, 2.45) is 0 Å². The fourth-order valence-corrected chi connectivity index (χ4v) is 5.34. The Morgan fingerprint density at radius 3 is 2.84 bits per heavy atom. The van der Waals surface area contributed by atoms with Crippen LogP contribution in [0.15, 0.2) is 45.7 Å². The first-order chi connectivity index (χ1) is 15.2. The molecule has 160 valence electrons. The Morgan fingerprint density at radius 2 is 2.00 bits per heavy atom. The molecule has 0 atom stereocenters. The van der Waals surface area contributed by atoms with Gasteiger partial charge in [0.1, 0.15) is 16.3 Å². The van der Waals surface area contributed by atoms with E-state index in [1.807, 2.05) is 35.7 Å². The molecule has 1 aliphatic rings. The highest BCUT2D eigenvalue weighted by Gasteiger charge is 2.23. The van der Waals surface area contributed by atoms with Gasteiger partial charge in [-0.1, -0.05) is 23.9 Å². The number of aromatic amines is 1. The lowest BCUT2D eigenvalue weighted by Crippen LogP contribution is -2.31. The monoisotopic (exact) mass is 454 g/mol. The standard InChI is InChI=1S/C21H22N6O2S2/c1-29-16-8-4-3-7-15(16)27-20(26-10-5-2-6-11-26)24-25-21(27)31-13-17-22-14-9-12-30-18(14)19(28)23-17/h3-4,7-9,12H,2,5-6,10-11,13H2,1H3,(H,22,23,28). The number of hydrogen-bond donors (Lipinski definition) is 1. The average Bonchev–Trinajstić information content (AvgIpc) is 3.45. The van der Waals surface area contributed by atoms with Crippen molar-refractivity contribution < 1.29 is 4.74 Å². The minimum absolute atomic E-state index is 0.101. The molecule has 0 unspecified atom stereocenters. The zero-order chi connectivity index (χ0) is 21.2. The first-order valence-corrected chi connectivity index (χ1v) is 12.0. The van der Waals surface area contributed by atoms with Crippen molar-refractivity contribution in [1.82, 2.24) is 24.7 Å². The molecule has 0 aliphatic carbocycles. The number of hydrogen-bond acceptors (Lipinski definition) is 8. The van der Waals surface area contributed by atoms with Crippen LogP contribution in [0.4, 0.5) is 5.95 Å². The summed E-state index contributed by atoms with van der Waals surface area (Å²) in [7, 11) is 1.67. The summed E-state index contributed by atoms with van der Waals surface area (Å²) in [4.78, 5) is 22.1. The van der Waals surface area contributed by atoms with Crippen molar-refractivity contribution in [3.05, 3.63) is 51.9 Å². The van der Waals surface area contributed by atoms with E-state index in [0.29, 0.717) is 16.3 Å². The summed E-state index contributed by atoms with van der Waals surface area (Å²) >= 11 is 2.90. The number of anilines is 1. The predicted molar refractivity (Wildman–Crippen MR) is 124 cm³/mol. The fraction of sp³-hybridized carbons (Fsp3) is 0.333. The fourth-order valence-electron chi connectivity index (χ4n) is 3.80. The van der Waals surface area contributed by atoms with Crippen LogP contribution in [0.5, 0.6) is 5.75 Å². The number of piperidine rings is 1. The molecular formula is C21H22N6O2S2. The Labute approximate surface area is 187 Å². The van der Waals surface area contributed by atoms with Gasteiger partial charge in [0.25, 0.3) is 5.56 Å². The van der Waals surface area contributed by atoms with Gasteiger partial charge in [-0.2, -0.15) is 0 Å². The van der Waals surface area contributed by atoms with E-state index >= 15 is 0 Å². The van der Waals surface area contributed by atoms with Crippen LogP contribution in [-0.4, -0.2) is 44.9 Å². The van der Waals surface area contributed by atoms with Gasteiger partial charge in [-0.05, 0) is 42.8 Å². The topological polar surface area (TPSA) is 88.9 Å². The zero-order valence-corrected chi connectivity index (χ0v) is 18.7. The van der Waals surface area contributed by atoms with Gasteiger partial charge >= 0.3 is 0 Å². The quantitative estimate of drug-likeness (QED) is 0.443. The Bertz CT molecular complexity index is 1260. The van der Waals surface area contributed by atoms with E-state index in [9.17, 15) is 4.79 Å². The molecule has 0 saturated carbocycles. The number of thiophene rings is 1. The Morgan fingerprint density at radius 1 is 1.16 bits per heavy atom. The lowest BCUT2D eigenvalue weighted by molar-refractivity contribution is 0.412. The van der Waals surface area contributed by atoms with Crippen molar-refractivity contribution in [3.63, 3.8) is 0 Å². The van der Waals surface area contributed by atoms with Gasteiger partial charge < -0.3 is 14.6 Å². The average molecular weight is 455 g/mol. The third-order valence-electron chi connectivity index (χ3n) is 5.28. The Kier molecular flexibility index (Phi) is 5.65. The molecule has 0 amide bonds. The third-order valence-corrected chi connectivity index (χ3v) is 7.13. The van der Waals surface area contributed by atoms with E-state index in [1.54, 1.807) is 7.11 Å². The van der Waals surface area contributed by atoms with Crippen LogP contribution in [0.3, 0.4) is 0 Å². The molecule has 1 fully saturated rings. The molecule has 4 aromatic rings. The van der Waals surface area contributed by atoms with Crippen LogP contribution >= 0.6 is 23.1 Å². The number of ether oxygens (including phenoxy) is 1. The van der Waals surface area contributed by atoms with E-state index < -0.39 is 0 Å². The van der Waals surface area contributed by atoms with E-state index in [2.05, 4.69) is 29.6 Å². The maximum Gasteiger partial charge on any atom is 0.268 e. The minimum Gasteiger partial charge on any atom is -0.495 e. The molecule has 1 saturated heterocycles. The SMILES string of the molecule is COc1ccccc1-n1c(SCc2nc3ccsc3c(=O)[nH]2)nnc1N1CCCCC1. The second kappa shape index (κ2) is 8.72. The van der Waals surface area contributed by atoms with Gasteiger partial charge in [0.15, 0.2) is 5.16 Å². The molecule has 1 N–H and O–H groups in total. The summed E-state index contributed by atoms with van der Waals surface area (Å²) in [5, 5.41) is 11.6. The lowest BCUT2D eigenvalue weighted by atomic mass is 10.1. The second-order valence-electron chi connectivity index (χ2n) is 7.27. The van der Waals surface area contributed by atoms with Gasteiger partial charge in [0, 0.05) is 13.1 Å². The highest BCUT2D eigenvalue weighted by Crippen LogP contribution is 2.33. The molecule has 4 heterocycles. The number of methoxy groups -OCH3 is 1. The van der Waals surface area contributed by atoms with Crippen molar-refractivity contribution in [2.45, 2.75) is 30.2 Å². The second-order valence-corrected chi connectivity index (χ2v) is 9.13. The summed E-state index contributed by atoms with van der Waals surface area (Å²) in [5.41, 5.74) is 1.52. The first kappa shape index (κ1) is 20.1. The third kappa shape index (κ3) is 3.92. The minimum atomic E-state index is -0.101. The summed E-state index contributed by atoms with van der Waals surface area (Å²) in [6.45, 7) is 1.92. The van der Waals surface area contributed by atoms with Crippen molar-refractivity contribution in [1.29, 1.82) is 0 Å². The number of benzene rings is 1. The molecular weight excluding hydrogens is 432 g/mol. The molecule has 31 heavy (non-hydrogen) atoms. The number of rotatable bonds is 6. The summed E-state index contributed by atoms with van der Waals surface area (Å²) < 4.78 is 8.32. The van der Waals surface area contributed by atoms with E-state index in [-0.39, 0.29) is 5.56 Å². The van der Waals surface area contributed by atoms with Crippen LogP contribution in [0, 0.1) is 0 Å². The maximum absolute atomic E-state index is 12.3. The molecule has 1 aliphatic heterocycles. The number of H-pyrrole nitrogens is 1. The van der Waals surface area contributed by atoms with Gasteiger partial charge in [-0.3, -0.25) is 9.36 Å². The molecule has 5 rings (SSSR count). The smallest absolute Gasteiger partial charge is 0.268 e. The highest BCUT2D eigenvalue weighted by molar-refractivity contribution is 7.98. The number of fused-ring (bicyclic) bond motifs is 1. The van der Waals surface area contributed by atoms with Crippen molar-refractivity contribution >= 4 is 39.3 Å². The van der Waals surface area contributed by atoms with Crippen LogP contribution < -0.4 is 15.2 Å². The number of nitrogens with zero attached hydrogens (tertiary/aromatic N) is 5. The normalized spacial score (nSPS) is 14.3. The van der Waals surface area contributed by atoms with Gasteiger partial charge in [-0.15, -0.1) is 21.5 Å². The van der Waals surface area contributed by atoms with Gasteiger partial charge in [0.05, 0.1) is 24.1 Å². The number of thioether (sulfide) groups is 1. The summed E-state index contributed by atoms with van der Waals surface area (Å²) in [5.74, 6) is 2.68.